The molecule has 2 aromatic rings. The van der Waals surface area contributed by atoms with Gasteiger partial charge in [-0.1, -0.05) is 12.1 Å². The summed E-state index contributed by atoms with van der Waals surface area (Å²) in [6.07, 6.45) is -74.2. The van der Waals surface area contributed by atoms with E-state index in [0.29, 0.717) is 0 Å². The van der Waals surface area contributed by atoms with E-state index in [9.17, 15) is 143 Å². The van der Waals surface area contributed by atoms with Crippen molar-refractivity contribution in [1.29, 1.82) is 0 Å². The van der Waals surface area contributed by atoms with Gasteiger partial charge in [0.15, 0.2) is 25.2 Å². The van der Waals surface area contributed by atoms with Crippen molar-refractivity contribution >= 4 is 0 Å². The van der Waals surface area contributed by atoms with E-state index in [2.05, 4.69) is 0 Å². The number of hydrogen-bond donors (Lipinski definition) is 28. The second-order valence-corrected chi connectivity index (χ2v) is 27.0. The maximum Gasteiger partial charge on any atom is 0.229 e. The van der Waals surface area contributed by atoms with E-state index in [1.165, 1.54) is 24.3 Å². The van der Waals surface area contributed by atoms with Crippen molar-refractivity contribution in [2.75, 3.05) is 52.9 Å². The fourth-order valence-corrected chi connectivity index (χ4v) is 13.0. The third-order valence-corrected chi connectivity index (χ3v) is 19.7. The summed E-state index contributed by atoms with van der Waals surface area (Å²) in [5.41, 5.74) is 0.354. The van der Waals surface area contributed by atoms with Crippen molar-refractivity contribution in [2.45, 2.75) is 265 Å². The SMILES string of the molecule is OC[C@H]1OC(OC[C@H]2OC(Oc3ccc(CCCc4ccc(OC5O[C@H](COC6O[C@H](CO)[C@@H](O)[C@H](O)[C@H]6O)[C@@H](O)[C@H](O)[C@H]5O)cc4OC4O[C@H](COC5O[C@H](CO)[C@@H](O)[C@H](O)[C@H]5O)[C@@H](O)[C@H](O)[C@H]4O)c(OC4O[C@H](COC5O[C@H](CO)[C@@H](O)[C@H](O)[C@H]5O)[C@@H](O)[C@H](O)[C@H]4O)c3)[C@H](O)[C@@H](O)[C@@H]2O)[C@H](O)[C@@H](O)[C@@H]1O. The van der Waals surface area contributed by atoms with Gasteiger partial charge in [-0.15, -0.1) is 0 Å². The Balaban J connectivity index is 0.919. The highest BCUT2D eigenvalue weighted by atomic mass is 16.8. The van der Waals surface area contributed by atoms with E-state index in [4.69, 9.17) is 75.8 Å². The van der Waals surface area contributed by atoms with Crippen molar-refractivity contribution in [1.82, 2.24) is 0 Å². The monoisotopic (exact) mass is 1560 g/mol. The zero-order valence-corrected chi connectivity index (χ0v) is 56.4. The van der Waals surface area contributed by atoms with E-state index < -0.39 is 299 Å². The molecule has 0 aromatic heterocycles. The van der Waals surface area contributed by atoms with E-state index in [1.807, 2.05) is 0 Å². The minimum atomic E-state index is -2.11. The van der Waals surface area contributed by atoms with Gasteiger partial charge < -0.3 is 219 Å². The minimum Gasteiger partial charge on any atom is -0.462 e. The molecule has 0 amide bonds. The predicted octanol–water partition coefficient (Wildman–Crippen LogP) is -16.1. The Morgan fingerprint density at radius 2 is 0.421 bits per heavy atom. The first-order valence-corrected chi connectivity index (χ1v) is 34.2. The first-order chi connectivity index (χ1) is 50.8. The zero-order valence-electron chi connectivity index (χ0n) is 56.4. The fourth-order valence-electron chi connectivity index (χ4n) is 13.0. The molecule has 8 unspecified atom stereocenters. The quantitative estimate of drug-likeness (QED) is 0.0376. The van der Waals surface area contributed by atoms with Crippen LogP contribution in [0.2, 0.25) is 0 Å². The topological polar surface area (TPSA) is 714 Å². The van der Waals surface area contributed by atoms with Crippen LogP contribution in [0.4, 0.5) is 0 Å². The predicted molar refractivity (Wildman–Crippen MR) is 333 cm³/mol. The molecule has 44 nitrogen and oxygen atoms in total. The molecule has 0 bridgehead atoms. The average molecular weight is 1560 g/mol. The van der Waals surface area contributed by atoms with Gasteiger partial charge >= 0.3 is 0 Å². The standard InChI is InChI=1S/C63H96O44/c64-10-24-32(68)40(76)48(84)56(100-24)92-14-28-36(72)44(80)52(88)60(104-28)96-20-6-4-18(22(8-20)98-62-54(90)46(82)38(74)30(106-62)16-94-58-50(86)42(78)34(70)26(12-66)102-58)2-1-3-19-5-7-21(97-61-53(89)45(81)37(73)29(105-61)15-93-57-49(85)41(77)33(69)25(11-65)101-57)9-23(19)99-63-55(91)47(83)39(75)31(107-63)17-95-59-51(87)43(79)35(71)27(13-67)103-59/h4-9,24-91H,1-3,10-17H2/t24-,25-,26-,27-,28-,29-,30-,31-,32-,33-,34-,35-,36-,37-,38-,39-,40+,41+,42+,43+,44+,45+,46+,47+,48-,49-,50-,51-,52-,53-,54-,55-,56?,57?,58?,59?,60?,61?,62?,63?/m1/s1. The summed E-state index contributed by atoms with van der Waals surface area (Å²) >= 11 is 0. The van der Waals surface area contributed by atoms with Gasteiger partial charge in [-0.2, -0.15) is 0 Å². The number of rotatable bonds is 28. The van der Waals surface area contributed by atoms with Gasteiger partial charge in [-0.25, -0.2) is 0 Å². The third kappa shape index (κ3) is 19.0. The number of aryl methyl sites for hydroxylation is 2. The number of benzene rings is 2. The van der Waals surface area contributed by atoms with Gasteiger partial charge in [0, 0.05) is 12.1 Å². The van der Waals surface area contributed by atoms with Gasteiger partial charge in [0.1, 0.15) is 218 Å². The molecule has 28 N–H and O–H groups in total. The van der Waals surface area contributed by atoms with Crippen molar-refractivity contribution in [3.63, 3.8) is 0 Å². The Morgan fingerprint density at radius 3 is 0.645 bits per heavy atom. The average Bonchev–Trinajstić information content (AvgIpc) is 0.815. The molecule has 0 radical (unpaired) electrons. The second kappa shape index (κ2) is 37.3. The first kappa shape index (κ1) is 85.5. The van der Waals surface area contributed by atoms with Crippen LogP contribution in [0.25, 0.3) is 0 Å². The molecule has 107 heavy (non-hydrogen) atoms. The van der Waals surface area contributed by atoms with Crippen LogP contribution in [0, 0.1) is 0 Å². The first-order valence-electron chi connectivity index (χ1n) is 34.2. The summed E-state index contributed by atoms with van der Waals surface area (Å²) in [5, 5.41) is 298. The maximum atomic E-state index is 11.4. The molecule has 0 spiro atoms. The smallest absolute Gasteiger partial charge is 0.229 e. The van der Waals surface area contributed by atoms with Crippen LogP contribution >= 0.6 is 0 Å². The highest BCUT2D eigenvalue weighted by Gasteiger charge is 2.54. The van der Waals surface area contributed by atoms with Crippen LogP contribution < -0.4 is 18.9 Å². The zero-order chi connectivity index (χ0) is 77.9. The van der Waals surface area contributed by atoms with Crippen LogP contribution in [0.15, 0.2) is 36.4 Å². The molecule has 2 aromatic carbocycles. The van der Waals surface area contributed by atoms with Crippen molar-refractivity contribution in [2.24, 2.45) is 0 Å². The summed E-state index contributed by atoms with van der Waals surface area (Å²) in [6, 6.07) is 7.58. The van der Waals surface area contributed by atoms with E-state index in [1.54, 1.807) is 0 Å². The number of hydrogen-bond acceptors (Lipinski definition) is 44. The summed E-state index contributed by atoms with van der Waals surface area (Å²) in [4.78, 5) is 0. The molecule has 8 heterocycles. The van der Waals surface area contributed by atoms with Crippen molar-refractivity contribution in [3.05, 3.63) is 47.5 Å². The summed E-state index contributed by atoms with van der Waals surface area (Å²) in [6.45, 7) is -6.46. The van der Waals surface area contributed by atoms with Crippen LogP contribution in [0.3, 0.4) is 0 Å². The van der Waals surface area contributed by atoms with Gasteiger partial charge in [0.05, 0.1) is 52.9 Å². The highest BCUT2D eigenvalue weighted by Crippen LogP contribution is 2.38. The molecule has 8 fully saturated rings. The summed E-state index contributed by atoms with van der Waals surface area (Å²) in [5.74, 6) is -1.12. The number of aliphatic hydroxyl groups excluding tert-OH is 28. The molecule has 10 rings (SSSR count). The van der Waals surface area contributed by atoms with Crippen molar-refractivity contribution < 1.29 is 219 Å². The van der Waals surface area contributed by atoms with E-state index in [0.717, 1.165) is 12.1 Å². The van der Waals surface area contributed by atoms with Crippen LogP contribution in [-0.2, 0) is 69.7 Å². The summed E-state index contributed by atoms with van der Waals surface area (Å²) < 4.78 is 91.8. The van der Waals surface area contributed by atoms with Crippen LogP contribution in [0.1, 0.15) is 17.5 Å². The Bertz CT molecular complexity index is 2860. The van der Waals surface area contributed by atoms with Crippen molar-refractivity contribution in [3.8, 4) is 23.0 Å². The lowest BCUT2D eigenvalue weighted by molar-refractivity contribution is -0.323. The molecular formula is C63H96O44. The van der Waals surface area contributed by atoms with Gasteiger partial charge in [-0.3, -0.25) is 0 Å². The number of ether oxygens (including phenoxy) is 16. The van der Waals surface area contributed by atoms with Gasteiger partial charge in [0.2, 0.25) is 25.2 Å². The van der Waals surface area contributed by atoms with Gasteiger partial charge in [0.25, 0.3) is 0 Å². The highest BCUT2D eigenvalue weighted by molar-refractivity contribution is 5.43. The molecule has 8 aliphatic rings. The lowest BCUT2D eigenvalue weighted by Gasteiger charge is -2.43. The Hall–Kier alpha value is -3.96. The summed E-state index contributed by atoms with van der Waals surface area (Å²) in [7, 11) is 0. The molecule has 40 atom stereocenters. The molecule has 0 saturated carbocycles. The largest absolute Gasteiger partial charge is 0.462 e. The molecule has 0 aliphatic carbocycles. The Morgan fingerprint density at radius 1 is 0.224 bits per heavy atom. The molecule has 8 saturated heterocycles. The molecule has 8 aliphatic heterocycles. The van der Waals surface area contributed by atoms with Crippen LogP contribution in [-0.4, -0.2) is 441 Å². The van der Waals surface area contributed by atoms with Crippen LogP contribution in [0.5, 0.6) is 23.0 Å². The lowest BCUT2D eigenvalue weighted by Crippen LogP contribution is -2.62. The van der Waals surface area contributed by atoms with Gasteiger partial charge in [-0.05, 0) is 42.5 Å². The minimum absolute atomic E-state index is 0.0155. The molecule has 612 valence electrons. The molecular weight excluding hydrogens is 1460 g/mol. The van der Waals surface area contributed by atoms with E-state index >= 15 is 0 Å². The fraction of sp³-hybridized carbons (Fsp3) is 0.810. The second-order valence-electron chi connectivity index (χ2n) is 27.0. The normalized spacial score (nSPS) is 46.4. The number of aliphatic hydroxyl groups is 28. The molecule has 44 heteroatoms. The lowest BCUT2D eigenvalue weighted by atomic mass is 9.98. The maximum absolute atomic E-state index is 11.4. The third-order valence-electron chi connectivity index (χ3n) is 19.7. The van der Waals surface area contributed by atoms with E-state index in [-0.39, 0.29) is 53.4 Å². The Kier molecular flexibility index (Phi) is 29.8. The Labute approximate surface area is 605 Å².